The highest BCUT2D eigenvalue weighted by Crippen LogP contribution is 2.46. The van der Waals surface area contributed by atoms with Crippen LogP contribution in [0.4, 0.5) is 13.2 Å². The molecule has 0 aliphatic carbocycles. The molecule has 12 rings (SSSR count). The summed E-state index contributed by atoms with van der Waals surface area (Å²) < 4.78 is 49.7. The molecule has 0 bridgehead atoms. The summed E-state index contributed by atoms with van der Waals surface area (Å²) in [5.74, 6) is 0. The fourth-order valence-electron chi connectivity index (χ4n) is 10.1. The van der Waals surface area contributed by atoms with Crippen molar-refractivity contribution < 1.29 is 13.2 Å². The molecule has 12 aromatic rings. The average Bonchev–Trinajstić information content (AvgIpc) is 3.92. The molecule has 4 nitrogen and oxygen atoms in total. The molecule has 0 amide bonds. The van der Waals surface area contributed by atoms with Gasteiger partial charge in [0.25, 0.3) is 0 Å². The number of halogens is 3. The molecule has 0 radical (unpaired) electrons. The Hall–Kier alpha value is -9.43. The minimum atomic E-state index is -4.78. The number of nitrogens with zero attached hydrogens (tertiary/aromatic N) is 4. The van der Waals surface area contributed by atoms with Crippen LogP contribution in [0.15, 0.2) is 224 Å². The van der Waals surface area contributed by atoms with Gasteiger partial charge in [-0.1, -0.05) is 170 Å². The van der Waals surface area contributed by atoms with Gasteiger partial charge in [-0.3, -0.25) is 0 Å². The van der Waals surface area contributed by atoms with Crippen LogP contribution in [0.2, 0.25) is 0 Å². The summed E-state index contributed by atoms with van der Waals surface area (Å²) in [7, 11) is 0. The monoisotopic (exact) mass is 906 g/mol. The first-order chi connectivity index (χ1) is 34.2. The van der Waals surface area contributed by atoms with Gasteiger partial charge in [0.05, 0.1) is 62.3 Å². The number of fused-ring (bicyclic) bond motifs is 6. The second-order valence-electron chi connectivity index (χ2n) is 17.5. The van der Waals surface area contributed by atoms with Crippen LogP contribution in [-0.4, -0.2) is 9.13 Å². The summed E-state index contributed by atoms with van der Waals surface area (Å²) in [5.41, 5.74) is 11.6. The Morgan fingerprint density at radius 1 is 0.314 bits per heavy atom. The molecule has 70 heavy (non-hydrogen) atoms. The summed E-state index contributed by atoms with van der Waals surface area (Å²) in [5, 5.41) is 25.3. The zero-order valence-electron chi connectivity index (χ0n) is 37.3. The second kappa shape index (κ2) is 16.7. The molecule has 0 saturated heterocycles. The summed E-state index contributed by atoms with van der Waals surface area (Å²) >= 11 is 0. The van der Waals surface area contributed by atoms with Crippen molar-refractivity contribution in [1.29, 1.82) is 10.5 Å². The molecule has 0 aliphatic heterocycles. The topological polar surface area (TPSA) is 57.4 Å². The summed E-state index contributed by atoms with van der Waals surface area (Å²) in [6.07, 6.45) is -4.78. The van der Waals surface area contributed by atoms with Gasteiger partial charge in [0.2, 0.25) is 0 Å². The Morgan fingerprint density at radius 2 is 0.629 bits per heavy atom. The Bertz CT molecular complexity index is 3690. The first-order valence-electron chi connectivity index (χ1n) is 22.8. The first-order valence-corrected chi connectivity index (χ1v) is 22.8. The third-order valence-electron chi connectivity index (χ3n) is 13.3. The van der Waals surface area contributed by atoms with E-state index in [4.69, 9.17) is 0 Å². The van der Waals surface area contributed by atoms with Crippen molar-refractivity contribution >= 4 is 43.6 Å². The second-order valence-corrected chi connectivity index (χ2v) is 17.5. The van der Waals surface area contributed by atoms with Gasteiger partial charge < -0.3 is 9.13 Å². The number of rotatable bonds is 7. The molecule has 2 aromatic heterocycles. The number of aromatic nitrogens is 2. The molecule has 0 saturated carbocycles. The Kier molecular flexibility index (Phi) is 10.0. The maximum Gasteiger partial charge on any atom is 0.416 e. The van der Waals surface area contributed by atoms with Gasteiger partial charge in [-0.15, -0.1) is 0 Å². The number of hydrogen-bond acceptors (Lipinski definition) is 2. The van der Waals surface area contributed by atoms with E-state index in [1.807, 2.05) is 127 Å². The van der Waals surface area contributed by atoms with Crippen LogP contribution in [0.1, 0.15) is 16.7 Å². The van der Waals surface area contributed by atoms with E-state index in [1.54, 1.807) is 12.1 Å². The van der Waals surface area contributed by atoms with Gasteiger partial charge in [0.15, 0.2) is 0 Å². The lowest BCUT2D eigenvalue weighted by atomic mass is 9.94. The lowest BCUT2D eigenvalue weighted by molar-refractivity contribution is -0.137. The quantitative estimate of drug-likeness (QED) is 0.160. The van der Waals surface area contributed by atoms with E-state index in [2.05, 4.69) is 88.0 Å². The van der Waals surface area contributed by atoms with Crippen molar-refractivity contribution in [3.05, 3.63) is 241 Å². The van der Waals surface area contributed by atoms with Crippen LogP contribution in [0, 0.1) is 22.7 Å². The summed E-state index contributed by atoms with van der Waals surface area (Å²) in [6.45, 7) is 0. The van der Waals surface area contributed by atoms with Crippen molar-refractivity contribution in [2.24, 2.45) is 0 Å². The highest BCUT2D eigenvalue weighted by Gasteiger charge is 2.33. The number of benzene rings is 10. The molecule has 0 aliphatic rings. The molecule has 0 N–H and O–H groups in total. The van der Waals surface area contributed by atoms with Gasteiger partial charge in [0.1, 0.15) is 0 Å². The SMILES string of the molecule is N#Cc1cc(-c2c(-n3c4cc(-c5ccccc5)ccc4c4ccc(-c5ccccc5)cc43)cc(C#N)cc2-n2c3cc(-c4ccccc4)ccc3c3ccc(-c4ccccc4)cc32)cc(C(F)(F)F)c1. The lowest BCUT2D eigenvalue weighted by Gasteiger charge is -2.22. The van der Waals surface area contributed by atoms with Crippen molar-refractivity contribution in [2.75, 3.05) is 0 Å². The van der Waals surface area contributed by atoms with Gasteiger partial charge >= 0.3 is 6.18 Å². The molecule has 0 fully saturated rings. The third kappa shape index (κ3) is 7.17. The maximum absolute atomic E-state index is 15.2. The molecule has 7 heteroatoms. The van der Waals surface area contributed by atoms with Gasteiger partial charge in [-0.05, 0) is 105 Å². The van der Waals surface area contributed by atoms with Gasteiger partial charge in [-0.25, -0.2) is 0 Å². The number of nitriles is 2. The standard InChI is InChI=1S/C63H37F3N4/c64-63(65,66)51-30-40(38-67)29-50(33-51)62-60(69-56-34-46(42-13-5-1-6-14-42)21-25-52(56)53-26-22-47(35-57(53)69)43-15-7-2-8-16-43)31-41(39-68)32-61(62)70-58-36-48(44-17-9-3-10-18-44)23-27-54(58)55-28-24-49(37-59(55)70)45-19-11-4-12-20-45/h1-37H. The Balaban J connectivity index is 1.28. The van der Waals surface area contributed by atoms with E-state index in [-0.39, 0.29) is 11.1 Å². The number of hydrogen-bond donors (Lipinski definition) is 0. The van der Waals surface area contributed by atoms with E-state index in [0.29, 0.717) is 22.5 Å². The van der Waals surface area contributed by atoms with Crippen LogP contribution >= 0.6 is 0 Å². The number of alkyl halides is 3. The van der Waals surface area contributed by atoms with Crippen molar-refractivity contribution in [1.82, 2.24) is 9.13 Å². The predicted octanol–water partition coefficient (Wildman–Crippen LogP) is 17.0. The van der Waals surface area contributed by atoms with E-state index < -0.39 is 11.7 Å². The van der Waals surface area contributed by atoms with Crippen LogP contribution in [-0.2, 0) is 6.18 Å². The largest absolute Gasteiger partial charge is 0.416 e. The highest BCUT2D eigenvalue weighted by molar-refractivity contribution is 6.14. The molecule has 2 heterocycles. The van der Waals surface area contributed by atoms with Crippen LogP contribution < -0.4 is 0 Å². The summed E-state index contributed by atoms with van der Waals surface area (Å²) in [4.78, 5) is 0. The first kappa shape index (κ1) is 42.0. The van der Waals surface area contributed by atoms with E-state index in [0.717, 1.165) is 100 Å². The molecule has 0 atom stereocenters. The Morgan fingerprint density at radius 3 is 0.929 bits per heavy atom. The molecular formula is C63H37F3N4. The minimum absolute atomic E-state index is 0.147. The molecule has 330 valence electrons. The third-order valence-corrected chi connectivity index (χ3v) is 13.3. The molecular weight excluding hydrogens is 870 g/mol. The van der Waals surface area contributed by atoms with Crippen LogP contribution in [0.25, 0.3) is 111 Å². The molecule has 0 spiro atoms. The van der Waals surface area contributed by atoms with Crippen LogP contribution in [0.5, 0.6) is 0 Å². The highest BCUT2D eigenvalue weighted by atomic mass is 19.4. The maximum atomic E-state index is 15.2. The van der Waals surface area contributed by atoms with Crippen molar-refractivity contribution in [3.8, 4) is 79.1 Å². The Labute approximate surface area is 401 Å². The zero-order valence-corrected chi connectivity index (χ0v) is 37.3. The van der Waals surface area contributed by atoms with E-state index in [9.17, 15) is 10.5 Å². The molecule has 10 aromatic carbocycles. The van der Waals surface area contributed by atoms with Crippen LogP contribution in [0.3, 0.4) is 0 Å². The molecule has 0 unspecified atom stereocenters. The zero-order chi connectivity index (χ0) is 47.5. The summed E-state index contributed by atoms with van der Waals surface area (Å²) in [6, 6.07) is 76.9. The van der Waals surface area contributed by atoms with Crippen molar-refractivity contribution in [3.63, 3.8) is 0 Å². The van der Waals surface area contributed by atoms with E-state index >= 15 is 13.2 Å². The van der Waals surface area contributed by atoms with Gasteiger partial charge in [-0.2, -0.15) is 23.7 Å². The van der Waals surface area contributed by atoms with Gasteiger partial charge in [0, 0.05) is 27.1 Å². The normalized spacial score (nSPS) is 11.6. The minimum Gasteiger partial charge on any atom is -0.308 e. The lowest BCUT2D eigenvalue weighted by Crippen LogP contribution is -2.08. The fraction of sp³-hybridized carbons (Fsp3) is 0.0159. The fourth-order valence-corrected chi connectivity index (χ4v) is 10.1. The van der Waals surface area contributed by atoms with Crippen molar-refractivity contribution in [2.45, 2.75) is 6.18 Å². The van der Waals surface area contributed by atoms with E-state index in [1.165, 1.54) is 6.07 Å². The average molecular weight is 907 g/mol. The smallest absolute Gasteiger partial charge is 0.308 e. The predicted molar refractivity (Wildman–Crippen MR) is 277 cm³/mol.